The van der Waals surface area contributed by atoms with Gasteiger partial charge in [0.25, 0.3) is 0 Å². The topological polar surface area (TPSA) is 60.1 Å². The second kappa shape index (κ2) is 5.44. The third-order valence-corrected chi connectivity index (χ3v) is 3.04. The first-order valence-electron chi connectivity index (χ1n) is 6.20. The van der Waals surface area contributed by atoms with Crippen molar-refractivity contribution in [2.24, 2.45) is 5.18 Å². The molecule has 0 aliphatic rings. The number of hydrogen-bond acceptors (Lipinski definition) is 4. The molecule has 3 rings (SSSR count). The maximum Gasteiger partial charge on any atom is 0.137 e. The van der Waals surface area contributed by atoms with Crippen molar-refractivity contribution in [1.29, 1.82) is 0 Å². The van der Waals surface area contributed by atoms with Crippen LogP contribution in [0.15, 0.2) is 66.4 Å². The standard InChI is InChI=1S/C15H12N4O/c20-18-15-6-4-13(5-7-15)14-3-1-2-12(8-14)9-19-11-16-10-17-19/h1-8,10-11H,9H2. The Hall–Kier alpha value is -2.82. The van der Waals surface area contributed by atoms with Gasteiger partial charge in [-0.25, -0.2) is 9.67 Å². The number of rotatable bonds is 4. The van der Waals surface area contributed by atoms with E-state index >= 15 is 0 Å². The maximum atomic E-state index is 10.4. The highest BCUT2D eigenvalue weighted by molar-refractivity contribution is 5.66. The van der Waals surface area contributed by atoms with Crippen molar-refractivity contribution in [2.45, 2.75) is 6.54 Å². The number of aromatic nitrogens is 3. The molecule has 98 valence electrons. The van der Waals surface area contributed by atoms with Gasteiger partial charge in [0.2, 0.25) is 0 Å². The quantitative estimate of drug-likeness (QED) is 0.678. The Kier molecular flexibility index (Phi) is 3.33. The molecule has 1 aromatic heterocycles. The molecule has 2 aromatic carbocycles. The second-order valence-electron chi connectivity index (χ2n) is 4.43. The van der Waals surface area contributed by atoms with E-state index in [0.717, 1.165) is 16.7 Å². The summed E-state index contributed by atoms with van der Waals surface area (Å²) in [5.74, 6) is 0. The van der Waals surface area contributed by atoms with Crippen molar-refractivity contribution in [3.8, 4) is 11.1 Å². The van der Waals surface area contributed by atoms with E-state index in [9.17, 15) is 4.91 Å². The normalized spacial score (nSPS) is 10.4. The minimum atomic E-state index is 0.438. The molecule has 0 fully saturated rings. The van der Waals surface area contributed by atoms with Gasteiger partial charge in [-0.1, -0.05) is 30.3 Å². The monoisotopic (exact) mass is 264 g/mol. The summed E-state index contributed by atoms with van der Waals surface area (Å²) in [5.41, 5.74) is 3.73. The van der Waals surface area contributed by atoms with Crippen LogP contribution in [0.4, 0.5) is 5.69 Å². The summed E-state index contributed by atoms with van der Waals surface area (Å²) in [6, 6.07) is 15.4. The Balaban J connectivity index is 1.88. The van der Waals surface area contributed by atoms with E-state index < -0.39 is 0 Å². The Morgan fingerprint density at radius 1 is 1.05 bits per heavy atom. The van der Waals surface area contributed by atoms with Gasteiger partial charge >= 0.3 is 0 Å². The largest absolute Gasteiger partial charge is 0.249 e. The fourth-order valence-corrected chi connectivity index (χ4v) is 2.07. The van der Waals surface area contributed by atoms with Crippen molar-refractivity contribution in [3.05, 3.63) is 71.7 Å². The van der Waals surface area contributed by atoms with Gasteiger partial charge in [0, 0.05) is 0 Å². The smallest absolute Gasteiger partial charge is 0.137 e. The average Bonchev–Trinajstić information content (AvgIpc) is 3.01. The zero-order valence-corrected chi connectivity index (χ0v) is 10.7. The molecule has 0 aliphatic heterocycles. The minimum Gasteiger partial charge on any atom is -0.249 e. The SMILES string of the molecule is O=Nc1ccc(-c2cccc(Cn3cncn3)c2)cc1. The van der Waals surface area contributed by atoms with Crippen molar-refractivity contribution in [1.82, 2.24) is 14.8 Å². The third-order valence-electron chi connectivity index (χ3n) is 3.04. The molecule has 0 spiro atoms. The predicted octanol–water partition coefficient (Wildman–Crippen LogP) is 3.39. The van der Waals surface area contributed by atoms with E-state index in [4.69, 9.17) is 0 Å². The van der Waals surface area contributed by atoms with E-state index in [1.165, 1.54) is 6.33 Å². The van der Waals surface area contributed by atoms with Crippen LogP contribution in [0.25, 0.3) is 11.1 Å². The van der Waals surface area contributed by atoms with Crippen LogP contribution in [0, 0.1) is 4.91 Å². The average molecular weight is 264 g/mol. The summed E-state index contributed by atoms with van der Waals surface area (Å²) < 4.78 is 1.78. The number of nitrogens with zero attached hydrogens (tertiary/aromatic N) is 4. The highest BCUT2D eigenvalue weighted by atomic mass is 16.3. The number of nitroso groups, excluding NO2 is 1. The van der Waals surface area contributed by atoms with E-state index in [0.29, 0.717) is 12.2 Å². The lowest BCUT2D eigenvalue weighted by molar-refractivity contribution is 0.685. The summed E-state index contributed by atoms with van der Waals surface area (Å²) in [4.78, 5) is 14.4. The van der Waals surface area contributed by atoms with Gasteiger partial charge in [-0.3, -0.25) is 0 Å². The Labute approximate surface area is 115 Å². The van der Waals surface area contributed by atoms with E-state index in [1.807, 2.05) is 30.3 Å². The van der Waals surface area contributed by atoms with Gasteiger partial charge in [0.15, 0.2) is 0 Å². The third kappa shape index (κ3) is 2.61. The Bertz CT molecular complexity index is 705. The van der Waals surface area contributed by atoms with Crippen LogP contribution < -0.4 is 0 Å². The second-order valence-corrected chi connectivity index (χ2v) is 4.43. The highest BCUT2D eigenvalue weighted by Gasteiger charge is 2.01. The first kappa shape index (κ1) is 12.2. The lowest BCUT2D eigenvalue weighted by atomic mass is 10.0. The molecule has 20 heavy (non-hydrogen) atoms. The van der Waals surface area contributed by atoms with E-state index in [1.54, 1.807) is 23.1 Å². The van der Waals surface area contributed by atoms with Gasteiger partial charge in [-0.05, 0) is 40.1 Å². The Morgan fingerprint density at radius 3 is 2.60 bits per heavy atom. The van der Waals surface area contributed by atoms with Crippen LogP contribution in [-0.4, -0.2) is 14.8 Å². The van der Waals surface area contributed by atoms with Crippen molar-refractivity contribution < 1.29 is 0 Å². The molecule has 5 heteroatoms. The molecule has 0 saturated heterocycles. The molecule has 0 atom stereocenters. The molecule has 0 N–H and O–H groups in total. The molecule has 3 aromatic rings. The van der Waals surface area contributed by atoms with Crippen LogP contribution >= 0.6 is 0 Å². The van der Waals surface area contributed by atoms with Gasteiger partial charge in [0.1, 0.15) is 18.3 Å². The van der Waals surface area contributed by atoms with E-state index in [2.05, 4.69) is 21.3 Å². The molecule has 1 heterocycles. The van der Waals surface area contributed by atoms with Crippen LogP contribution in [0.5, 0.6) is 0 Å². The van der Waals surface area contributed by atoms with Crippen molar-refractivity contribution in [3.63, 3.8) is 0 Å². The first-order valence-corrected chi connectivity index (χ1v) is 6.20. The molecule has 0 radical (unpaired) electrons. The van der Waals surface area contributed by atoms with Crippen LogP contribution in [-0.2, 0) is 6.54 Å². The van der Waals surface area contributed by atoms with Gasteiger partial charge in [-0.2, -0.15) is 5.10 Å². The molecule has 5 nitrogen and oxygen atoms in total. The van der Waals surface area contributed by atoms with Crippen molar-refractivity contribution >= 4 is 5.69 Å². The summed E-state index contributed by atoms with van der Waals surface area (Å²) in [6.45, 7) is 0.682. The van der Waals surface area contributed by atoms with Crippen LogP contribution in [0.1, 0.15) is 5.56 Å². The van der Waals surface area contributed by atoms with Crippen LogP contribution in [0.3, 0.4) is 0 Å². The zero-order valence-electron chi connectivity index (χ0n) is 10.7. The summed E-state index contributed by atoms with van der Waals surface area (Å²) in [5, 5.41) is 7.00. The molecule has 0 bridgehead atoms. The van der Waals surface area contributed by atoms with Gasteiger partial charge in [0.05, 0.1) is 6.54 Å². The Morgan fingerprint density at radius 2 is 1.90 bits per heavy atom. The summed E-state index contributed by atoms with van der Waals surface area (Å²) >= 11 is 0. The van der Waals surface area contributed by atoms with E-state index in [-0.39, 0.29) is 0 Å². The first-order chi connectivity index (χ1) is 9.85. The maximum absolute atomic E-state index is 10.4. The molecular weight excluding hydrogens is 252 g/mol. The molecule has 0 unspecified atom stereocenters. The zero-order chi connectivity index (χ0) is 13.8. The fourth-order valence-electron chi connectivity index (χ4n) is 2.07. The molecule has 0 saturated carbocycles. The molecular formula is C15H12N4O. The van der Waals surface area contributed by atoms with Gasteiger partial charge in [-0.15, -0.1) is 4.91 Å². The van der Waals surface area contributed by atoms with Gasteiger partial charge < -0.3 is 0 Å². The van der Waals surface area contributed by atoms with Crippen molar-refractivity contribution in [2.75, 3.05) is 0 Å². The lowest BCUT2D eigenvalue weighted by Gasteiger charge is -2.06. The highest BCUT2D eigenvalue weighted by Crippen LogP contribution is 2.23. The summed E-state index contributed by atoms with van der Waals surface area (Å²) in [6.07, 6.45) is 3.21. The lowest BCUT2D eigenvalue weighted by Crippen LogP contribution is -1.99. The summed E-state index contributed by atoms with van der Waals surface area (Å²) in [7, 11) is 0. The molecule has 0 amide bonds. The fraction of sp³-hybridized carbons (Fsp3) is 0.0667. The number of hydrogen-bond donors (Lipinski definition) is 0. The van der Waals surface area contributed by atoms with Crippen LogP contribution in [0.2, 0.25) is 0 Å². The predicted molar refractivity (Wildman–Crippen MR) is 76.5 cm³/mol. The minimum absolute atomic E-state index is 0.438. The number of benzene rings is 2. The molecule has 0 aliphatic carbocycles.